The fraction of sp³-hybridized carbons (Fsp3) is 0.364. The normalized spacial score (nSPS) is 23.2. The summed E-state index contributed by atoms with van der Waals surface area (Å²) in [5, 5.41) is 7.26. The van der Waals surface area contributed by atoms with E-state index in [9.17, 15) is 14.4 Å². The van der Waals surface area contributed by atoms with Crippen molar-refractivity contribution in [2.24, 2.45) is 5.41 Å². The van der Waals surface area contributed by atoms with Crippen molar-refractivity contribution in [2.45, 2.75) is 50.5 Å². The van der Waals surface area contributed by atoms with Crippen LogP contribution < -0.4 is 20.8 Å². The highest BCUT2D eigenvalue weighted by Gasteiger charge is 2.61. The van der Waals surface area contributed by atoms with Crippen molar-refractivity contribution >= 4 is 59.9 Å². The number of benzene rings is 3. The molecule has 2 fully saturated rings. The number of anilines is 1. The molecule has 222 valence electrons. The van der Waals surface area contributed by atoms with Crippen molar-refractivity contribution in [3.8, 4) is 5.75 Å². The number of fused-ring (bicyclic) bond motifs is 2. The molecule has 2 saturated heterocycles. The maximum absolute atomic E-state index is 14.4. The minimum absolute atomic E-state index is 0.0584. The van der Waals surface area contributed by atoms with E-state index in [1.165, 1.54) is 0 Å². The lowest BCUT2D eigenvalue weighted by atomic mass is 9.59. The Morgan fingerprint density at radius 2 is 1.79 bits per heavy atom. The van der Waals surface area contributed by atoms with Gasteiger partial charge in [-0.1, -0.05) is 59.0 Å². The maximum Gasteiger partial charge on any atom is 0.238 e. The molecule has 6 rings (SSSR count). The van der Waals surface area contributed by atoms with Crippen molar-refractivity contribution in [1.29, 1.82) is 0 Å². The summed E-state index contributed by atoms with van der Waals surface area (Å²) in [5.74, 6) is -0.388. The topological polar surface area (TPSA) is 87.7 Å². The average molecular weight is 618 g/mol. The molecule has 2 N–H and O–H groups in total. The van der Waals surface area contributed by atoms with Gasteiger partial charge in [-0.05, 0) is 68.1 Å². The molecule has 3 heterocycles. The molecule has 43 heavy (non-hydrogen) atoms. The van der Waals surface area contributed by atoms with Gasteiger partial charge in [0.25, 0.3) is 0 Å². The minimum atomic E-state index is -1.23. The van der Waals surface area contributed by atoms with Crippen LogP contribution in [0.15, 0.2) is 60.7 Å². The van der Waals surface area contributed by atoms with E-state index >= 15 is 0 Å². The number of nitrogens with zero attached hydrogens (tertiary/aromatic N) is 1. The van der Waals surface area contributed by atoms with Crippen LogP contribution in [0.4, 0.5) is 5.69 Å². The molecule has 7 nitrogen and oxygen atoms in total. The van der Waals surface area contributed by atoms with Crippen LogP contribution in [0.2, 0.25) is 10.0 Å². The molecular weight excluding hydrogens is 584 g/mol. The van der Waals surface area contributed by atoms with Gasteiger partial charge in [-0.2, -0.15) is 0 Å². The molecular formula is C33H34BCl2N3O4. The summed E-state index contributed by atoms with van der Waals surface area (Å²) in [6.45, 7) is 5.45. The summed E-state index contributed by atoms with van der Waals surface area (Å²) < 4.78 is 6.46. The zero-order chi connectivity index (χ0) is 30.5. The Labute approximate surface area is 262 Å². The molecule has 3 atom stereocenters. The van der Waals surface area contributed by atoms with Crippen molar-refractivity contribution in [3.63, 3.8) is 0 Å². The van der Waals surface area contributed by atoms with Crippen LogP contribution in [0.5, 0.6) is 5.75 Å². The highest BCUT2D eigenvalue weighted by Crippen LogP contribution is 2.58. The van der Waals surface area contributed by atoms with Gasteiger partial charge < -0.3 is 20.3 Å². The second-order valence-electron chi connectivity index (χ2n) is 12.5. The van der Waals surface area contributed by atoms with Crippen LogP contribution in [0.25, 0.3) is 0 Å². The number of rotatable bonds is 6. The standard InChI is InChI=1S/C33H34BCl2N3O4/c1-32(2,31(42)39-12-3-4-13-39)18-43-27-11-8-20(34)15-23(27)29-33(24-10-9-22(36)16-26(24)37-30(33)41)25(17-28(40)38-29)19-6-5-7-21(35)14-19/h5-11,14-16,25,29H,3-4,12-13,17-18,34H2,1-2H3,(H,37,41)(H,38,40)/t25-,29+,33-/m0/s1. The predicted molar refractivity (Wildman–Crippen MR) is 171 cm³/mol. The lowest BCUT2D eigenvalue weighted by molar-refractivity contribution is -0.140. The summed E-state index contributed by atoms with van der Waals surface area (Å²) in [7, 11) is 1.96. The van der Waals surface area contributed by atoms with Crippen molar-refractivity contribution < 1.29 is 19.1 Å². The fourth-order valence-corrected chi connectivity index (χ4v) is 7.33. The summed E-state index contributed by atoms with van der Waals surface area (Å²) in [5.41, 5.74) is 1.76. The smallest absolute Gasteiger partial charge is 0.238 e. The molecule has 0 aliphatic carbocycles. The van der Waals surface area contributed by atoms with Gasteiger partial charge in [0.2, 0.25) is 17.7 Å². The molecule has 3 aromatic rings. The maximum atomic E-state index is 14.4. The van der Waals surface area contributed by atoms with E-state index in [0.717, 1.165) is 42.5 Å². The van der Waals surface area contributed by atoms with E-state index in [4.69, 9.17) is 27.9 Å². The number of amides is 3. The molecule has 0 unspecified atom stereocenters. The van der Waals surface area contributed by atoms with E-state index < -0.39 is 22.8 Å². The Morgan fingerprint density at radius 1 is 1.05 bits per heavy atom. The first-order chi connectivity index (χ1) is 20.5. The van der Waals surface area contributed by atoms with Gasteiger partial charge in [0.1, 0.15) is 25.6 Å². The molecule has 3 aliphatic rings. The van der Waals surface area contributed by atoms with Crippen LogP contribution in [0, 0.1) is 5.41 Å². The van der Waals surface area contributed by atoms with E-state index in [0.29, 0.717) is 27.0 Å². The van der Waals surface area contributed by atoms with Gasteiger partial charge in [-0.25, -0.2) is 0 Å². The number of carbonyl (C=O) groups excluding carboxylic acids is 3. The number of piperidine rings is 1. The Hall–Kier alpha value is -3.49. The lowest BCUT2D eigenvalue weighted by Crippen LogP contribution is -2.57. The number of hydrogen-bond donors (Lipinski definition) is 2. The molecule has 0 radical (unpaired) electrons. The number of hydrogen-bond acceptors (Lipinski definition) is 4. The molecule has 0 bridgehead atoms. The SMILES string of the molecule is Bc1ccc(OCC(C)(C)C(=O)N2CCCC2)c([C@H]2NC(=O)C[C@@H](c3cccc(Cl)c3)[C@]23C(=O)Nc2cc(Cl)ccc23)c1. The molecule has 0 saturated carbocycles. The first-order valence-electron chi connectivity index (χ1n) is 14.7. The second kappa shape index (κ2) is 11.2. The van der Waals surface area contributed by atoms with Crippen LogP contribution in [0.3, 0.4) is 0 Å². The highest BCUT2D eigenvalue weighted by atomic mass is 35.5. The number of halogens is 2. The zero-order valence-electron chi connectivity index (χ0n) is 24.5. The summed E-state index contributed by atoms with van der Waals surface area (Å²) in [6.07, 6.45) is 2.11. The lowest BCUT2D eigenvalue weighted by Gasteiger charge is -2.46. The quantitative estimate of drug-likeness (QED) is 0.398. The van der Waals surface area contributed by atoms with E-state index in [1.807, 2.05) is 69.1 Å². The second-order valence-corrected chi connectivity index (χ2v) is 13.4. The number of carbonyl (C=O) groups is 3. The van der Waals surface area contributed by atoms with Crippen LogP contribution >= 0.6 is 23.2 Å². The first kappa shape index (κ1) is 29.6. The van der Waals surface area contributed by atoms with Crippen LogP contribution in [0.1, 0.15) is 61.8 Å². The van der Waals surface area contributed by atoms with Gasteiger partial charge in [0.05, 0.1) is 11.5 Å². The molecule has 0 aromatic heterocycles. The van der Waals surface area contributed by atoms with Crippen molar-refractivity contribution in [2.75, 3.05) is 25.0 Å². The molecule has 3 aliphatic heterocycles. The van der Waals surface area contributed by atoms with Gasteiger partial charge >= 0.3 is 0 Å². The van der Waals surface area contributed by atoms with E-state index in [2.05, 4.69) is 10.6 Å². The van der Waals surface area contributed by atoms with Crippen LogP contribution in [-0.4, -0.2) is 50.2 Å². The number of ether oxygens (including phenoxy) is 1. The number of likely N-dealkylation sites (tertiary alicyclic amines) is 1. The summed E-state index contributed by atoms with van der Waals surface area (Å²) in [4.78, 5) is 43.1. The van der Waals surface area contributed by atoms with Gasteiger partial charge in [-0.15, -0.1) is 0 Å². The monoisotopic (exact) mass is 617 g/mol. The fourth-order valence-electron chi connectivity index (χ4n) is 6.96. The summed E-state index contributed by atoms with van der Waals surface area (Å²) >= 11 is 12.8. The average Bonchev–Trinajstić information content (AvgIpc) is 3.60. The predicted octanol–water partition coefficient (Wildman–Crippen LogP) is 4.51. The summed E-state index contributed by atoms with van der Waals surface area (Å²) in [6, 6.07) is 17.7. The molecule has 3 aromatic carbocycles. The Balaban J connectivity index is 1.48. The van der Waals surface area contributed by atoms with E-state index in [-0.39, 0.29) is 30.7 Å². The Bertz CT molecular complexity index is 1620. The first-order valence-corrected chi connectivity index (χ1v) is 15.5. The molecule has 1 spiro atoms. The van der Waals surface area contributed by atoms with Crippen molar-refractivity contribution in [3.05, 3.63) is 87.4 Å². The zero-order valence-corrected chi connectivity index (χ0v) is 26.0. The Kier molecular flexibility index (Phi) is 7.72. The highest BCUT2D eigenvalue weighted by molar-refractivity contribution is 6.32. The minimum Gasteiger partial charge on any atom is -0.492 e. The van der Waals surface area contributed by atoms with Gasteiger partial charge in [-0.3, -0.25) is 14.4 Å². The molecule has 3 amide bonds. The van der Waals surface area contributed by atoms with Gasteiger partial charge in [0, 0.05) is 46.7 Å². The Morgan fingerprint density at radius 3 is 2.53 bits per heavy atom. The number of nitrogens with one attached hydrogen (secondary N) is 2. The van der Waals surface area contributed by atoms with E-state index in [1.54, 1.807) is 18.2 Å². The third-order valence-corrected chi connectivity index (χ3v) is 9.51. The molecule has 10 heteroatoms. The van der Waals surface area contributed by atoms with Gasteiger partial charge in [0.15, 0.2) is 0 Å². The van der Waals surface area contributed by atoms with Crippen molar-refractivity contribution in [1.82, 2.24) is 10.2 Å². The third-order valence-electron chi connectivity index (χ3n) is 9.04. The largest absolute Gasteiger partial charge is 0.492 e. The third kappa shape index (κ3) is 5.19. The van der Waals surface area contributed by atoms with Crippen LogP contribution in [-0.2, 0) is 19.8 Å².